The highest BCUT2D eigenvalue weighted by molar-refractivity contribution is 5.87. The Kier molecular flexibility index (Phi) is 4.28. The van der Waals surface area contributed by atoms with Crippen LogP contribution in [0.1, 0.15) is 24.8 Å². The van der Waals surface area contributed by atoms with Crippen molar-refractivity contribution in [1.82, 2.24) is 14.9 Å². The Morgan fingerprint density at radius 3 is 2.83 bits per heavy atom. The number of aromatic amines is 1. The third kappa shape index (κ3) is 3.83. The molecule has 0 aromatic carbocycles. The predicted octanol–water partition coefficient (Wildman–Crippen LogP) is 3.30. The van der Waals surface area contributed by atoms with Gasteiger partial charge in [0.2, 0.25) is 5.91 Å². The van der Waals surface area contributed by atoms with E-state index in [1.165, 1.54) is 0 Å². The van der Waals surface area contributed by atoms with E-state index < -0.39 is 18.6 Å². The van der Waals surface area contributed by atoms with Crippen molar-refractivity contribution in [3.8, 4) is 0 Å². The van der Waals surface area contributed by atoms with E-state index in [9.17, 15) is 18.0 Å². The molecule has 7 heteroatoms. The van der Waals surface area contributed by atoms with E-state index in [-0.39, 0.29) is 18.9 Å². The van der Waals surface area contributed by atoms with E-state index >= 15 is 0 Å². The number of carbonyl (C=O) groups is 1. The van der Waals surface area contributed by atoms with Gasteiger partial charge in [-0.25, -0.2) is 4.98 Å². The fraction of sp³-hybridized carbons (Fsp3) is 0.500. The van der Waals surface area contributed by atoms with Crippen LogP contribution in [0.5, 0.6) is 0 Å². The molecular formula is C16H18F3N3O. The summed E-state index contributed by atoms with van der Waals surface area (Å²) in [4.78, 5) is 20.4. The summed E-state index contributed by atoms with van der Waals surface area (Å²) in [5.74, 6) is -0.287. The van der Waals surface area contributed by atoms with Crippen molar-refractivity contribution in [2.75, 3.05) is 13.1 Å². The Bertz CT molecular complexity index is 691. The van der Waals surface area contributed by atoms with Crippen molar-refractivity contribution in [2.24, 2.45) is 5.92 Å². The van der Waals surface area contributed by atoms with Crippen LogP contribution in [-0.2, 0) is 11.2 Å². The molecule has 4 nitrogen and oxygen atoms in total. The molecule has 2 aromatic heterocycles. The second kappa shape index (κ2) is 6.22. The van der Waals surface area contributed by atoms with Gasteiger partial charge in [-0.15, -0.1) is 0 Å². The number of H-pyrrole nitrogens is 1. The zero-order valence-electron chi connectivity index (χ0n) is 12.6. The van der Waals surface area contributed by atoms with Crippen LogP contribution >= 0.6 is 0 Å². The molecule has 1 aliphatic carbocycles. The quantitative estimate of drug-likeness (QED) is 0.917. The minimum absolute atomic E-state index is 0.0471. The number of pyridine rings is 1. The number of nitrogens with one attached hydrogen (secondary N) is 1. The van der Waals surface area contributed by atoms with Gasteiger partial charge in [-0.05, 0) is 36.5 Å². The van der Waals surface area contributed by atoms with Crippen molar-refractivity contribution in [3.63, 3.8) is 0 Å². The van der Waals surface area contributed by atoms with Crippen LogP contribution < -0.4 is 0 Å². The lowest BCUT2D eigenvalue weighted by Crippen LogP contribution is -2.43. The second-order valence-corrected chi connectivity index (χ2v) is 6.08. The Labute approximate surface area is 131 Å². The number of carbonyl (C=O) groups excluding carboxylic acids is 1. The van der Waals surface area contributed by atoms with Crippen LogP contribution in [0.15, 0.2) is 24.5 Å². The highest BCUT2D eigenvalue weighted by atomic mass is 19.4. The van der Waals surface area contributed by atoms with Crippen LogP contribution in [-0.4, -0.2) is 40.0 Å². The van der Waals surface area contributed by atoms with Gasteiger partial charge < -0.3 is 9.88 Å². The van der Waals surface area contributed by atoms with Gasteiger partial charge in [0.05, 0.1) is 6.42 Å². The van der Waals surface area contributed by atoms with Crippen LogP contribution in [0.4, 0.5) is 13.2 Å². The highest BCUT2D eigenvalue weighted by Gasteiger charge is 2.35. The van der Waals surface area contributed by atoms with Crippen molar-refractivity contribution >= 4 is 16.9 Å². The zero-order valence-corrected chi connectivity index (χ0v) is 12.6. The minimum Gasteiger partial charge on any atom is -0.346 e. The minimum atomic E-state index is -4.37. The molecule has 124 valence electrons. The number of fused-ring (bicyclic) bond motifs is 1. The van der Waals surface area contributed by atoms with Gasteiger partial charge in [-0.1, -0.05) is 6.42 Å². The van der Waals surface area contributed by atoms with Gasteiger partial charge in [0.1, 0.15) is 12.2 Å². The van der Waals surface area contributed by atoms with Crippen LogP contribution in [0, 0.1) is 5.92 Å². The molecular weight excluding hydrogens is 307 g/mol. The summed E-state index contributed by atoms with van der Waals surface area (Å²) in [5, 5.41) is 0.774. The molecule has 2 aromatic rings. The van der Waals surface area contributed by atoms with E-state index in [4.69, 9.17) is 0 Å². The predicted molar refractivity (Wildman–Crippen MR) is 79.8 cm³/mol. The molecule has 1 aliphatic rings. The Morgan fingerprint density at radius 2 is 2.17 bits per heavy atom. The lowest BCUT2D eigenvalue weighted by molar-refractivity contribution is -0.162. The molecule has 1 amide bonds. The normalized spacial score (nSPS) is 15.6. The average Bonchev–Trinajstić information content (AvgIpc) is 2.83. The fourth-order valence-electron chi connectivity index (χ4n) is 2.89. The summed E-state index contributed by atoms with van der Waals surface area (Å²) in [7, 11) is 0. The van der Waals surface area contributed by atoms with Crippen molar-refractivity contribution in [1.29, 1.82) is 0 Å². The van der Waals surface area contributed by atoms with Crippen LogP contribution in [0.2, 0.25) is 0 Å². The van der Waals surface area contributed by atoms with Crippen molar-refractivity contribution in [2.45, 2.75) is 31.9 Å². The second-order valence-electron chi connectivity index (χ2n) is 6.08. The van der Waals surface area contributed by atoms with Gasteiger partial charge in [0.15, 0.2) is 0 Å². The first kappa shape index (κ1) is 15.8. The molecule has 0 aliphatic heterocycles. The maximum absolute atomic E-state index is 12.8. The third-order valence-corrected chi connectivity index (χ3v) is 4.30. The fourth-order valence-corrected chi connectivity index (χ4v) is 2.89. The molecule has 0 radical (unpaired) electrons. The van der Waals surface area contributed by atoms with Crippen LogP contribution in [0.25, 0.3) is 11.0 Å². The number of hydrogen-bond acceptors (Lipinski definition) is 2. The zero-order chi connectivity index (χ0) is 16.4. The van der Waals surface area contributed by atoms with Crippen molar-refractivity contribution < 1.29 is 18.0 Å². The Morgan fingerprint density at radius 1 is 1.39 bits per heavy atom. The smallest absolute Gasteiger partial charge is 0.346 e. The maximum atomic E-state index is 12.8. The first-order valence-corrected chi connectivity index (χ1v) is 7.68. The monoisotopic (exact) mass is 325 g/mol. The molecule has 0 bridgehead atoms. The molecule has 0 saturated heterocycles. The van der Waals surface area contributed by atoms with Gasteiger partial charge in [-0.2, -0.15) is 13.2 Å². The summed E-state index contributed by atoms with van der Waals surface area (Å²) in [6.45, 7) is -0.984. The molecule has 0 atom stereocenters. The summed E-state index contributed by atoms with van der Waals surface area (Å²) >= 11 is 0. The van der Waals surface area contributed by atoms with Crippen LogP contribution in [0.3, 0.4) is 0 Å². The molecule has 1 N–H and O–H groups in total. The maximum Gasteiger partial charge on any atom is 0.406 e. The van der Waals surface area contributed by atoms with Crippen molar-refractivity contribution in [3.05, 3.63) is 30.1 Å². The molecule has 1 fully saturated rings. The summed E-state index contributed by atoms with van der Waals surface area (Å²) in [6.07, 6.45) is 1.68. The van der Waals surface area contributed by atoms with Gasteiger partial charge >= 0.3 is 6.18 Å². The van der Waals surface area contributed by atoms with E-state index in [1.807, 2.05) is 6.07 Å². The molecule has 0 spiro atoms. The standard InChI is InChI=1S/C16H18F3N3O/c17-16(18,19)10-22(9-11-3-1-4-11)14(23)7-12-8-21-15-13(12)5-2-6-20-15/h2,5-6,8,11H,1,3-4,7,9-10H2,(H,20,21). The summed E-state index contributed by atoms with van der Waals surface area (Å²) in [5.41, 5.74) is 1.32. The largest absolute Gasteiger partial charge is 0.406 e. The number of nitrogens with zero attached hydrogens (tertiary/aromatic N) is 2. The molecule has 23 heavy (non-hydrogen) atoms. The molecule has 1 saturated carbocycles. The molecule has 3 rings (SSSR count). The molecule has 2 heterocycles. The lowest BCUT2D eigenvalue weighted by Gasteiger charge is -2.33. The first-order chi connectivity index (χ1) is 10.9. The number of amides is 1. The number of rotatable bonds is 5. The summed E-state index contributed by atoms with van der Waals surface area (Å²) in [6, 6.07) is 3.55. The van der Waals surface area contributed by atoms with Gasteiger partial charge in [0.25, 0.3) is 0 Å². The topological polar surface area (TPSA) is 49.0 Å². The van der Waals surface area contributed by atoms with Gasteiger partial charge in [-0.3, -0.25) is 4.79 Å². The van der Waals surface area contributed by atoms with E-state index in [0.717, 1.165) is 29.5 Å². The van der Waals surface area contributed by atoms with E-state index in [0.29, 0.717) is 11.2 Å². The number of hydrogen-bond donors (Lipinski definition) is 1. The first-order valence-electron chi connectivity index (χ1n) is 7.68. The highest BCUT2D eigenvalue weighted by Crippen LogP contribution is 2.29. The third-order valence-electron chi connectivity index (χ3n) is 4.30. The Hall–Kier alpha value is -2.05. The number of alkyl halides is 3. The Balaban J connectivity index is 1.74. The number of halogens is 3. The number of aromatic nitrogens is 2. The average molecular weight is 325 g/mol. The SMILES string of the molecule is O=C(Cc1c[nH]c2ncccc12)N(CC1CCC1)CC(F)(F)F. The van der Waals surface area contributed by atoms with E-state index in [1.54, 1.807) is 18.5 Å². The van der Waals surface area contributed by atoms with Gasteiger partial charge in [0, 0.05) is 24.3 Å². The molecule has 0 unspecified atom stereocenters. The van der Waals surface area contributed by atoms with E-state index in [2.05, 4.69) is 9.97 Å². The summed E-state index contributed by atoms with van der Waals surface area (Å²) < 4.78 is 38.3. The lowest BCUT2D eigenvalue weighted by atomic mass is 9.85.